The number of carbonyl (C=O) groups excluding carboxylic acids is 1. The highest BCUT2D eigenvalue weighted by Crippen LogP contribution is 2.26. The first-order chi connectivity index (χ1) is 12.3. The van der Waals surface area contributed by atoms with E-state index in [9.17, 15) is 4.79 Å². The van der Waals surface area contributed by atoms with E-state index < -0.39 is 0 Å². The molecule has 4 nitrogen and oxygen atoms in total. The number of nitrogens with zero attached hydrogens (tertiary/aromatic N) is 2. The van der Waals surface area contributed by atoms with Gasteiger partial charge in [0.05, 0.1) is 0 Å². The summed E-state index contributed by atoms with van der Waals surface area (Å²) in [5, 5.41) is 3.11. The van der Waals surface area contributed by atoms with Crippen LogP contribution in [0.2, 0.25) is 0 Å². The van der Waals surface area contributed by atoms with E-state index in [0.717, 1.165) is 44.1 Å². The van der Waals surface area contributed by atoms with E-state index in [1.54, 1.807) is 11.8 Å². The molecule has 1 aliphatic rings. The Morgan fingerprint density at radius 3 is 2.72 bits per heavy atom. The third kappa shape index (κ3) is 8.13. The number of aryl methyl sites for hydroxylation is 1. The molecule has 25 heavy (non-hydrogen) atoms. The van der Waals surface area contributed by atoms with Crippen LogP contribution in [0.1, 0.15) is 50.5 Å². The highest BCUT2D eigenvalue weighted by atomic mass is 32.2. The fourth-order valence-electron chi connectivity index (χ4n) is 3.48. The molecular formula is C20H33N3OS. The number of rotatable bonds is 10. The Hall–Kier alpha value is -1.23. The van der Waals surface area contributed by atoms with Crippen molar-refractivity contribution in [2.75, 3.05) is 31.6 Å². The largest absolute Gasteiger partial charge is 0.338 e. The lowest BCUT2D eigenvalue weighted by Gasteiger charge is -2.27. The molecule has 0 atom stereocenters. The fraction of sp³-hybridized carbons (Fsp3) is 0.700. The summed E-state index contributed by atoms with van der Waals surface area (Å²) < 4.78 is 0. The lowest BCUT2D eigenvalue weighted by Crippen LogP contribution is -2.42. The zero-order valence-corrected chi connectivity index (χ0v) is 16.4. The number of pyridine rings is 1. The normalized spacial score (nSPS) is 15.1. The molecule has 0 bridgehead atoms. The molecular weight excluding hydrogens is 330 g/mol. The topological polar surface area (TPSA) is 45.2 Å². The molecule has 0 spiro atoms. The van der Waals surface area contributed by atoms with Crippen molar-refractivity contribution < 1.29 is 4.79 Å². The summed E-state index contributed by atoms with van der Waals surface area (Å²) in [4.78, 5) is 18.6. The molecule has 1 saturated carbocycles. The summed E-state index contributed by atoms with van der Waals surface area (Å²) in [6.45, 7) is 2.49. The van der Waals surface area contributed by atoms with Crippen molar-refractivity contribution in [3.63, 3.8) is 0 Å². The minimum atomic E-state index is 0.111. The van der Waals surface area contributed by atoms with E-state index in [-0.39, 0.29) is 6.03 Å². The predicted octanol–water partition coefficient (Wildman–Crippen LogP) is 4.36. The maximum Gasteiger partial charge on any atom is 0.317 e. The Labute approximate surface area is 157 Å². The standard InChI is InChI=1S/C20H33N3OS/c1-25-17-16-23(15-11-18-6-3-2-4-7-18)20(24)22-12-5-8-19-9-13-21-14-10-19/h9-10,13-14,18H,2-8,11-12,15-17H2,1H3,(H,22,24). The number of hydrogen-bond acceptors (Lipinski definition) is 3. The van der Waals surface area contributed by atoms with E-state index in [0.29, 0.717) is 0 Å². The first-order valence-electron chi connectivity index (χ1n) is 9.70. The smallest absolute Gasteiger partial charge is 0.317 e. The molecule has 1 fully saturated rings. The van der Waals surface area contributed by atoms with Gasteiger partial charge < -0.3 is 10.2 Å². The van der Waals surface area contributed by atoms with Crippen LogP contribution in [0, 0.1) is 5.92 Å². The molecule has 2 rings (SSSR count). The van der Waals surface area contributed by atoms with E-state index in [1.165, 1.54) is 44.1 Å². The van der Waals surface area contributed by atoms with Crippen LogP contribution in [0.25, 0.3) is 0 Å². The third-order valence-corrected chi connectivity index (χ3v) is 5.64. The van der Waals surface area contributed by atoms with Crippen LogP contribution < -0.4 is 5.32 Å². The fourth-order valence-corrected chi connectivity index (χ4v) is 3.88. The summed E-state index contributed by atoms with van der Waals surface area (Å²) in [5.74, 6) is 1.83. The molecule has 0 aromatic carbocycles. The van der Waals surface area contributed by atoms with Crippen LogP contribution in [0.5, 0.6) is 0 Å². The van der Waals surface area contributed by atoms with Crippen LogP contribution in [0.15, 0.2) is 24.5 Å². The Kier molecular flexibility index (Phi) is 9.78. The Morgan fingerprint density at radius 1 is 1.24 bits per heavy atom. The van der Waals surface area contributed by atoms with Crippen molar-refractivity contribution in [1.82, 2.24) is 15.2 Å². The maximum absolute atomic E-state index is 12.5. The first-order valence-corrected chi connectivity index (χ1v) is 11.1. The minimum Gasteiger partial charge on any atom is -0.338 e. The molecule has 1 heterocycles. The predicted molar refractivity (Wildman–Crippen MR) is 107 cm³/mol. The van der Waals surface area contributed by atoms with Gasteiger partial charge in [-0.05, 0) is 49.1 Å². The lowest BCUT2D eigenvalue weighted by atomic mass is 9.87. The third-order valence-electron chi connectivity index (χ3n) is 5.05. The van der Waals surface area contributed by atoms with Crippen molar-refractivity contribution >= 4 is 17.8 Å². The number of hydrogen-bond donors (Lipinski definition) is 1. The van der Waals surface area contributed by atoms with E-state index in [1.807, 2.05) is 29.4 Å². The van der Waals surface area contributed by atoms with Crippen LogP contribution in [-0.2, 0) is 6.42 Å². The second-order valence-corrected chi connectivity index (χ2v) is 7.95. The van der Waals surface area contributed by atoms with Crippen molar-refractivity contribution in [1.29, 1.82) is 0 Å². The van der Waals surface area contributed by atoms with Gasteiger partial charge in [0.15, 0.2) is 0 Å². The van der Waals surface area contributed by atoms with Gasteiger partial charge in [-0.2, -0.15) is 11.8 Å². The van der Waals surface area contributed by atoms with Gasteiger partial charge in [-0.15, -0.1) is 0 Å². The minimum absolute atomic E-state index is 0.111. The van der Waals surface area contributed by atoms with Crippen LogP contribution in [0.4, 0.5) is 4.79 Å². The molecule has 0 radical (unpaired) electrons. The SMILES string of the molecule is CSCCN(CCC1CCCCC1)C(=O)NCCCc1ccncc1. The molecule has 0 aliphatic heterocycles. The second-order valence-electron chi connectivity index (χ2n) is 6.96. The summed E-state index contributed by atoms with van der Waals surface area (Å²) in [5.41, 5.74) is 1.28. The molecule has 0 saturated heterocycles. The zero-order chi connectivity index (χ0) is 17.7. The van der Waals surface area contributed by atoms with Crippen molar-refractivity contribution in [3.8, 4) is 0 Å². The molecule has 2 amide bonds. The molecule has 1 N–H and O–H groups in total. The monoisotopic (exact) mass is 363 g/mol. The Balaban J connectivity index is 1.68. The van der Waals surface area contributed by atoms with E-state index in [2.05, 4.69) is 16.6 Å². The van der Waals surface area contributed by atoms with Crippen LogP contribution >= 0.6 is 11.8 Å². The molecule has 1 aromatic rings. The van der Waals surface area contributed by atoms with Gasteiger partial charge in [-0.25, -0.2) is 4.79 Å². The Bertz CT molecular complexity index is 477. The maximum atomic E-state index is 12.5. The number of aromatic nitrogens is 1. The summed E-state index contributed by atoms with van der Waals surface area (Å²) in [6.07, 6.45) is 15.7. The second kappa shape index (κ2) is 12.2. The van der Waals surface area contributed by atoms with E-state index >= 15 is 0 Å². The molecule has 0 unspecified atom stereocenters. The van der Waals surface area contributed by atoms with E-state index in [4.69, 9.17) is 0 Å². The zero-order valence-electron chi connectivity index (χ0n) is 15.6. The number of nitrogens with one attached hydrogen (secondary N) is 1. The van der Waals surface area contributed by atoms with Gasteiger partial charge in [0.25, 0.3) is 0 Å². The van der Waals surface area contributed by atoms with Crippen molar-refractivity contribution in [2.45, 2.75) is 51.4 Å². The quantitative estimate of drug-likeness (QED) is 0.628. The summed E-state index contributed by atoms with van der Waals surface area (Å²) >= 11 is 1.81. The number of urea groups is 1. The van der Waals surface area contributed by atoms with Gasteiger partial charge in [-0.3, -0.25) is 4.98 Å². The molecule has 1 aliphatic carbocycles. The first kappa shape index (κ1) is 20.1. The van der Waals surface area contributed by atoms with Crippen LogP contribution in [-0.4, -0.2) is 47.6 Å². The van der Waals surface area contributed by atoms with Gasteiger partial charge in [0, 0.05) is 37.8 Å². The summed E-state index contributed by atoms with van der Waals surface area (Å²) in [6, 6.07) is 4.19. The molecule has 140 valence electrons. The Morgan fingerprint density at radius 2 is 2.00 bits per heavy atom. The van der Waals surface area contributed by atoms with Crippen molar-refractivity contribution in [3.05, 3.63) is 30.1 Å². The van der Waals surface area contributed by atoms with Gasteiger partial charge in [-0.1, -0.05) is 32.1 Å². The molecule has 1 aromatic heterocycles. The molecule has 5 heteroatoms. The summed E-state index contributed by atoms with van der Waals surface area (Å²) in [7, 11) is 0. The average molecular weight is 364 g/mol. The van der Waals surface area contributed by atoms with Crippen molar-refractivity contribution in [2.24, 2.45) is 5.92 Å². The number of thioether (sulfide) groups is 1. The van der Waals surface area contributed by atoms with Gasteiger partial charge in [0.2, 0.25) is 0 Å². The van der Waals surface area contributed by atoms with Gasteiger partial charge in [0.1, 0.15) is 0 Å². The highest BCUT2D eigenvalue weighted by molar-refractivity contribution is 7.98. The lowest BCUT2D eigenvalue weighted by molar-refractivity contribution is 0.193. The average Bonchev–Trinajstić information content (AvgIpc) is 2.67. The van der Waals surface area contributed by atoms with Crippen LogP contribution in [0.3, 0.4) is 0 Å². The van der Waals surface area contributed by atoms with Gasteiger partial charge >= 0.3 is 6.03 Å². The highest BCUT2D eigenvalue weighted by Gasteiger charge is 2.17. The number of amides is 2. The number of carbonyl (C=O) groups is 1.